The molecule has 35 heavy (non-hydrogen) atoms. The fraction of sp³-hybridized carbons (Fsp3) is 0.143. The molecule has 6 aromatic rings. The third-order valence-corrected chi connectivity index (χ3v) is 6.33. The molecule has 0 saturated carbocycles. The number of aryl methyl sites for hydroxylation is 3. The zero-order chi connectivity index (χ0) is 23.9. The molecule has 0 fully saturated rings. The second-order valence-electron chi connectivity index (χ2n) is 8.44. The van der Waals surface area contributed by atoms with Gasteiger partial charge in [0.15, 0.2) is 11.3 Å². The van der Waals surface area contributed by atoms with Gasteiger partial charge < -0.3 is 9.30 Å². The minimum atomic E-state index is -0.190. The zero-order valence-electron chi connectivity index (χ0n) is 19.5. The number of para-hydroxylation sites is 4. The molecule has 0 atom stereocenters. The van der Waals surface area contributed by atoms with Gasteiger partial charge in [0.1, 0.15) is 22.5 Å². The molecule has 0 N–H and O–H groups in total. The summed E-state index contributed by atoms with van der Waals surface area (Å²) < 4.78 is 9.16. The lowest BCUT2D eigenvalue weighted by molar-refractivity contribution is 0.412. The monoisotopic (exact) mass is 461 g/mol. The molecular formula is C28H23N5O2. The predicted octanol–water partition coefficient (Wildman–Crippen LogP) is 4.84. The molecule has 7 heteroatoms. The largest absolute Gasteiger partial charge is 0.495 e. The van der Waals surface area contributed by atoms with E-state index in [0.717, 1.165) is 17.5 Å². The summed E-state index contributed by atoms with van der Waals surface area (Å²) in [4.78, 5) is 28.8. The quantitative estimate of drug-likeness (QED) is 0.367. The topological polar surface area (TPSA) is 74.8 Å². The van der Waals surface area contributed by atoms with Crippen molar-refractivity contribution in [3.05, 3.63) is 101 Å². The van der Waals surface area contributed by atoms with Crippen molar-refractivity contribution in [2.24, 2.45) is 0 Å². The van der Waals surface area contributed by atoms with Crippen LogP contribution in [0.1, 0.15) is 11.4 Å². The van der Waals surface area contributed by atoms with Crippen LogP contribution < -0.4 is 10.3 Å². The van der Waals surface area contributed by atoms with E-state index in [1.807, 2.05) is 78.2 Å². The van der Waals surface area contributed by atoms with Gasteiger partial charge >= 0.3 is 0 Å². The number of rotatable bonds is 5. The van der Waals surface area contributed by atoms with Crippen LogP contribution in [0.5, 0.6) is 5.75 Å². The number of fused-ring (bicyclic) bond motifs is 4. The van der Waals surface area contributed by atoms with E-state index in [1.54, 1.807) is 11.7 Å². The summed E-state index contributed by atoms with van der Waals surface area (Å²) in [7, 11) is 1.60. The van der Waals surface area contributed by atoms with E-state index in [2.05, 4.69) is 12.1 Å². The first-order valence-corrected chi connectivity index (χ1v) is 11.5. The third kappa shape index (κ3) is 3.44. The van der Waals surface area contributed by atoms with Gasteiger partial charge in [-0.1, -0.05) is 54.6 Å². The standard InChI is InChI=1S/C28H23N5O2/c1-18-29-26-24(28(34)33(18)22-14-8-9-15-23(22)35-2)25-27(31-21-13-7-6-12-20(21)30-25)32(26)17-16-19-10-4-3-5-11-19/h3-15H,16-17H2,1-2H3. The molecule has 7 nitrogen and oxygen atoms in total. The number of hydrogen-bond donors (Lipinski definition) is 0. The molecule has 172 valence electrons. The van der Waals surface area contributed by atoms with Gasteiger partial charge in [0.2, 0.25) is 0 Å². The Balaban J connectivity index is 1.67. The smallest absolute Gasteiger partial charge is 0.270 e. The van der Waals surface area contributed by atoms with Crippen molar-refractivity contribution < 1.29 is 4.74 Å². The van der Waals surface area contributed by atoms with Crippen LogP contribution in [0.25, 0.3) is 38.9 Å². The van der Waals surface area contributed by atoms with E-state index in [9.17, 15) is 4.79 Å². The van der Waals surface area contributed by atoms with Crippen molar-refractivity contribution in [1.29, 1.82) is 0 Å². The SMILES string of the molecule is COc1ccccc1-n1c(C)nc2c(c1=O)c1nc3ccccc3nc1n2CCc1ccccc1. The lowest BCUT2D eigenvalue weighted by atomic mass is 10.1. The second kappa shape index (κ2) is 8.36. The van der Waals surface area contributed by atoms with Crippen LogP contribution in [0.3, 0.4) is 0 Å². The van der Waals surface area contributed by atoms with Crippen molar-refractivity contribution in [1.82, 2.24) is 24.1 Å². The Labute approximate surface area is 201 Å². The van der Waals surface area contributed by atoms with Gasteiger partial charge in [0.25, 0.3) is 5.56 Å². The number of ether oxygens (including phenoxy) is 1. The highest BCUT2D eigenvalue weighted by Gasteiger charge is 2.22. The van der Waals surface area contributed by atoms with Crippen LogP contribution in [0.2, 0.25) is 0 Å². The molecule has 0 radical (unpaired) electrons. The Morgan fingerprint density at radius 1 is 0.800 bits per heavy atom. The van der Waals surface area contributed by atoms with Gasteiger partial charge in [-0.05, 0) is 43.2 Å². The Morgan fingerprint density at radius 3 is 2.26 bits per heavy atom. The van der Waals surface area contributed by atoms with Gasteiger partial charge in [-0.3, -0.25) is 9.36 Å². The van der Waals surface area contributed by atoms with Crippen LogP contribution in [0, 0.1) is 6.92 Å². The van der Waals surface area contributed by atoms with Crippen LogP contribution >= 0.6 is 0 Å². The van der Waals surface area contributed by atoms with E-state index in [0.29, 0.717) is 46.0 Å². The summed E-state index contributed by atoms with van der Waals surface area (Å²) in [6.07, 6.45) is 0.782. The molecule has 3 heterocycles. The molecule has 0 aliphatic rings. The molecule has 0 aliphatic heterocycles. The number of hydrogen-bond acceptors (Lipinski definition) is 5. The Morgan fingerprint density at radius 2 is 1.49 bits per heavy atom. The maximum atomic E-state index is 14.0. The van der Waals surface area contributed by atoms with Gasteiger partial charge in [0.05, 0.1) is 23.8 Å². The van der Waals surface area contributed by atoms with E-state index >= 15 is 0 Å². The Kier molecular flexibility index (Phi) is 5.03. The summed E-state index contributed by atoms with van der Waals surface area (Å²) in [6.45, 7) is 2.46. The number of nitrogens with zero attached hydrogens (tertiary/aromatic N) is 5. The maximum absolute atomic E-state index is 14.0. The van der Waals surface area contributed by atoms with Gasteiger partial charge in [-0.15, -0.1) is 0 Å². The average Bonchev–Trinajstić information content (AvgIpc) is 3.19. The highest BCUT2D eigenvalue weighted by atomic mass is 16.5. The fourth-order valence-electron chi connectivity index (χ4n) is 4.66. The van der Waals surface area contributed by atoms with Crippen molar-refractivity contribution in [3.8, 4) is 11.4 Å². The minimum Gasteiger partial charge on any atom is -0.495 e. The lowest BCUT2D eigenvalue weighted by Gasteiger charge is -2.13. The first kappa shape index (κ1) is 21.0. The zero-order valence-corrected chi connectivity index (χ0v) is 19.5. The average molecular weight is 462 g/mol. The summed E-state index contributed by atoms with van der Waals surface area (Å²) in [5.74, 6) is 1.17. The molecule has 0 saturated heterocycles. The van der Waals surface area contributed by atoms with E-state index in [4.69, 9.17) is 19.7 Å². The van der Waals surface area contributed by atoms with Crippen molar-refractivity contribution >= 4 is 33.2 Å². The molecule has 0 spiro atoms. The summed E-state index contributed by atoms with van der Waals surface area (Å²) in [5, 5.41) is 0.461. The molecule has 6 rings (SSSR count). The predicted molar refractivity (Wildman–Crippen MR) is 137 cm³/mol. The highest BCUT2D eigenvalue weighted by Crippen LogP contribution is 2.28. The number of benzene rings is 3. The summed E-state index contributed by atoms with van der Waals surface area (Å²) in [5.41, 5.74) is 5.01. The van der Waals surface area contributed by atoms with Crippen LogP contribution in [-0.2, 0) is 13.0 Å². The van der Waals surface area contributed by atoms with Crippen molar-refractivity contribution in [2.45, 2.75) is 19.9 Å². The Bertz CT molecular complexity index is 1770. The van der Waals surface area contributed by atoms with E-state index in [-0.39, 0.29) is 5.56 Å². The fourth-order valence-corrected chi connectivity index (χ4v) is 4.66. The molecule has 0 bridgehead atoms. The Hall–Kier alpha value is -4.52. The minimum absolute atomic E-state index is 0.190. The highest BCUT2D eigenvalue weighted by molar-refractivity contribution is 6.04. The molecule has 0 unspecified atom stereocenters. The molecular weight excluding hydrogens is 438 g/mol. The molecule has 0 amide bonds. The first-order chi connectivity index (χ1) is 17.2. The second-order valence-corrected chi connectivity index (χ2v) is 8.44. The van der Waals surface area contributed by atoms with Gasteiger partial charge in [0, 0.05) is 6.54 Å². The molecule has 0 aliphatic carbocycles. The van der Waals surface area contributed by atoms with Crippen molar-refractivity contribution in [2.75, 3.05) is 7.11 Å². The van der Waals surface area contributed by atoms with Crippen LogP contribution in [0.15, 0.2) is 83.7 Å². The van der Waals surface area contributed by atoms with Crippen LogP contribution in [-0.4, -0.2) is 31.2 Å². The molecule has 3 aromatic heterocycles. The van der Waals surface area contributed by atoms with Gasteiger partial charge in [-0.25, -0.2) is 15.0 Å². The van der Waals surface area contributed by atoms with Gasteiger partial charge in [-0.2, -0.15) is 0 Å². The molecule has 3 aromatic carbocycles. The maximum Gasteiger partial charge on any atom is 0.270 e. The first-order valence-electron chi connectivity index (χ1n) is 11.5. The lowest BCUT2D eigenvalue weighted by Crippen LogP contribution is -2.23. The number of aromatic nitrogens is 5. The third-order valence-electron chi connectivity index (χ3n) is 6.33. The number of methoxy groups -OCH3 is 1. The summed E-state index contributed by atoms with van der Waals surface area (Å²) in [6, 6.07) is 25.4. The van der Waals surface area contributed by atoms with E-state index < -0.39 is 0 Å². The van der Waals surface area contributed by atoms with Crippen molar-refractivity contribution in [3.63, 3.8) is 0 Å². The van der Waals surface area contributed by atoms with E-state index in [1.165, 1.54) is 5.56 Å². The normalized spacial score (nSPS) is 11.5. The summed E-state index contributed by atoms with van der Waals surface area (Å²) >= 11 is 0. The van der Waals surface area contributed by atoms with Crippen LogP contribution in [0.4, 0.5) is 0 Å².